The van der Waals surface area contributed by atoms with Gasteiger partial charge in [-0.15, -0.1) is 0 Å². The first-order chi connectivity index (χ1) is 8.63. The molecule has 1 aromatic rings. The zero-order valence-corrected chi connectivity index (χ0v) is 10.2. The fraction of sp³-hybridized carbons (Fsp3) is 0.545. The van der Waals surface area contributed by atoms with Crippen molar-refractivity contribution in [1.82, 2.24) is 9.97 Å². The molecule has 1 unspecified atom stereocenters. The molecule has 1 atom stereocenters. The quantitative estimate of drug-likeness (QED) is 0.819. The molecule has 18 heavy (non-hydrogen) atoms. The van der Waals surface area contributed by atoms with E-state index in [1.165, 1.54) is 0 Å². The van der Waals surface area contributed by atoms with Crippen molar-refractivity contribution in [3.63, 3.8) is 0 Å². The van der Waals surface area contributed by atoms with Crippen molar-refractivity contribution in [2.45, 2.75) is 25.3 Å². The first-order valence-corrected chi connectivity index (χ1v) is 5.89. The highest BCUT2D eigenvalue weighted by Gasteiger charge is 2.30. The highest BCUT2D eigenvalue weighted by molar-refractivity contribution is 5.83. The van der Waals surface area contributed by atoms with Crippen LogP contribution in [0.1, 0.15) is 19.3 Å². The SMILES string of the molecule is CNc1ncc(F)c(N2CCCCC2C(N)=O)n1. The monoisotopic (exact) mass is 253 g/mol. The smallest absolute Gasteiger partial charge is 0.240 e. The molecule has 1 amide bonds. The molecule has 2 rings (SSSR count). The van der Waals surface area contributed by atoms with E-state index in [2.05, 4.69) is 15.3 Å². The summed E-state index contributed by atoms with van der Waals surface area (Å²) in [5.41, 5.74) is 5.35. The topological polar surface area (TPSA) is 84.1 Å². The van der Waals surface area contributed by atoms with E-state index in [9.17, 15) is 9.18 Å². The molecule has 0 spiro atoms. The van der Waals surface area contributed by atoms with Crippen LogP contribution in [0.4, 0.5) is 16.2 Å². The van der Waals surface area contributed by atoms with Crippen LogP contribution < -0.4 is 16.0 Å². The van der Waals surface area contributed by atoms with Crippen molar-refractivity contribution in [3.05, 3.63) is 12.0 Å². The van der Waals surface area contributed by atoms with Gasteiger partial charge in [-0.3, -0.25) is 4.79 Å². The van der Waals surface area contributed by atoms with E-state index in [0.717, 1.165) is 19.0 Å². The normalized spacial score (nSPS) is 19.7. The van der Waals surface area contributed by atoms with Gasteiger partial charge in [0.15, 0.2) is 11.6 Å². The lowest BCUT2D eigenvalue weighted by Crippen LogP contribution is -2.48. The van der Waals surface area contributed by atoms with Crippen molar-refractivity contribution in [1.29, 1.82) is 0 Å². The Hall–Kier alpha value is -1.92. The van der Waals surface area contributed by atoms with E-state index < -0.39 is 17.8 Å². The molecule has 1 aromatic heterocycles. The number of hydrogen-bond acceptors (Lipinski definition) is 5. The van der Waals surface area contributed by atoms with Crippen molar-refractivity contribution in [2.75, 3.05) is 23.8 Å². The summed E-state index contributed by atoms with van der Waals surface area (Å²) in [6.45, 7) is 0.574. The Morgan fingerprint density at radius 2 is 2.39 bits per heavy atom. The number of halogens is 1. The molecule has 0 aliphatic carbocycles. The summed E-state index contributed by atoms with van der Waals surface area (Å²) in [6.07, 6.45) is 3.53. The Kier molecular flexibility index (Phi) is 3.59. The lowest BCUT2D eigenvalue weighted by molar-refractivity contribution is -0.119. The summed E-state index contributed by atoms with van der Waals surface area (Å²) in [4.78, 5) is 20.9. The van der Waals surface area contributed by atoms with Gasteiger partial charge in [0, 0.05) is 13.6 Å². The molecule has 6 nitrogen and oxygen atoms in total. The van der Waals surface area contributed by atoms with E-state index in [1.54, 1.807) is 11.9 Å². The van der Waals surface area contributed by atoms with Crippen LogP contribution in [-0.2, 0) is 4.79 Å². The predicted molar refractivity (Wildman–Crippen MR) is 65.7 cm³/mol. The number of nitrogens with one attached hydrogen (secondary N) is 1. The van der Waals surface area contributed by atoms with Crippen LogP contribution in [-0.4, -0.2) is 35.5 Å². The fourth-order valence-corrected chi connectivity index (χ4v) is 2.16. The number of hydrogen-bond donors (Lipinski definition) is 2. The van der Waals surface area contributed by atoms with Crippen LogP contribution in [0.3, 0.4) is 0 Å². The summed E-state index contributed by atoms with van der Waals surface area (Å²) < 4.78 is 13.8. The Morgan fingerprint density at radius 1 is 1.61 bits per heavy atom. The minimum absolute atomic E-state index is 0.137. The molecule has 1 fully saturated rings. The number of carbonyl (C=O) groups is 1. The van der Waals surface area contributed by atoms with Gasteiger partial charge in [-0.1, -0.05) is 0 Å². The van der Waals surface area contributed by atoms with E-state index in [0.29, 0.717) is 18.9 Å². The van der Waals surface area contributed by atoms with Gasteiger partial charge in [-0.05, 0) is 19.3 Å². The van der Waals surface area contributed by atoms with Crippen LogP contribution in [0.2, 0.25) is 0 Å². The molecular formula is C11H16FN5O. The molecule has 7 heteroatoms. The summed E-state index contributed by atoms with van der Waals surface area (Å²) in [5.74, 6) is -0.529. The first-order valence-electron chi connectivity index (χ1n) is 5.89. The number of amides is 1. The zero-order chi connectivity index (χ0) is 13.1. The fourth-order valence-electron chi connectivity index (χ4n) is 2.16. The van der Waals surface area contributed by atoms with E-state index >= 15 is 0 Å². The number of anilines is 2. The van der Waals surface area contributed by atoms with Gasteiger partial charge in [0.2, 0.25) is 11.9 Å². The molecule has 1 aliphatic heterocycles. The van der Waals surface area contributed by atoms with Crippen molar-refractivity contribution in [2.24, 2.45) is 5.73 Å². The minimum Gasteiger partial charge on any atom is -0.368 e. The molecule has 2 heterocycles. The van der Waals surface area contributed by atoms with Crippen LogP contribution in [0, 0.1) is 5.82 Å². The molecule has 3 N–H and O–H groups in total. The number of nitrogens with zero attached hydrogens (tertiary/aromatic N) is 3. The summed E-state index contributed by atoms with van der Waals surface area (Å²) in [7, 11) is 1.65. The molecule has 98 valence electrons. The van der Waals surface area contributed by atoms with Crippen LogP contribution >= 0.6 is 0 Å². The summed E-state index contributed by atoms with van der Waals surface area (Å²) in [5, 5.41) is 2.75. The van der Waals surface area contributed by atoms with Gasteiger partial charge in [-0.25, -0.2) is 9.37 Å². The highest BCUT2D eigenvalue weighted by Crippen LogP contribution is 2.25. The second-order valence-corrected chi connectivity index (χ2v) is 4.22. The van der Waals surface area contributed by atoms with Crippen LogP contribution in [0.5, 0.6) is 0 Å². The number of primary amides is 1. The minimum atomic E-state index is -0.540. The van der Waals surface area contributed by atoms with Gasteiger partial charge in [0.1, 0.15) is 6.04 Å². The lowest BCUT2D eigenvalue weighted by Gasteiger charge is -2.34. The summed E-state index contributed by atoms with van der Waals surface area (Å²) >= 11 is 0. The Balaban J connectivity index is 2.35. The van der Waals surface area contributed by atoms with E-state index in [-0.39, 0.29) is 5.82 Å². The van der Waals surface area contributed by atoms with Gasteiger partial charge >= 0.3 is 0 Å². The number of rotatable bonds is 3. The van der Waals surface area contributed by atoms with E-state index in [1.807, 2.05) is 0 Å². The number of piperidine rings is 1. The molecule has 0 aromatic carbocycles. The van der Waals surface area contributed by atoms with Gasteiger partial charge in [0.25, 0.3) is 0 Å². The Labute approximate surface area is 104 Å². The zero-order valence-electron chi connectivity index (χ0n) is 10.2. The maximum Gasteiger partial charge on any atom is 0.240 e. The number of carbonyl (C=O) groups excluding carboxylic acids is 1. The average Bonchev–Trinajstić information content (AvgIpc) is 2.39. The Bertz CT molecular complexity index is 453. The third-order valence-corrected chi connectivity index (χ3v) is 3.05. The average molecular weight is 253 g/mol. The largest absolute Gasteiger partial charge is 0.368 e. The van der Waals surface area contributed by atoms with Gasteiger partial charge in [0.05, 0.1) is 6.20 Å². The third-order valence-electron chi connectivity index (χ3n) is 3.05. The first kappa shape index (κ1) is 12.5. The van der Waals surface area contributed by atoms with Gasteiger partial charge < -0.3 is 16.0 Å². The highest BCUT2D eigenvalue weighted by atomic mass is 19.1. The standard InChI is InChI=1S/C11H16FN5O/c1-14-11-15-6-7(12)10(16-11)17-5-3-2-4-8(17)9(13)18/h6,8H,2-5H2,1H3,(H2,13,18)(H,14,15,16). The second kappa shape index (κ2) is 5.16. The lowest BCUT2D eigenvalue weighted by atomic mass is 10.0. The molecule has 0 radical (unpaired) electrons. The molecule has 1 aliphatic rings. The van der Waals surface area contributed by atoms with Crippen LogP contribution in [0.15, 0.2) is 6.20 Å². The molecule has 1 saturated heterocycles. The summed E-state index contributed by atoms with van der Waals surface area (Å²) in [6, 6.07) is -0.493. The number of aromatic nitrogens is 2. The maximum atomic E-state index is 13.8. The molecule has 0 bridgehead atoms. The molecular weight excluding hydrogens is 237 g/mol. The van der Waals surface area contributed by atoms with E-state index in [4.69, 9.17) is 5.73 Å². The molecule has 0 saturated carbocycles. The second-order valence-electron chi connectivity index (χ2n) is 4.22. The van der Waals surface area contributed by atoms with Crippen molar-refractivity contribution in [3.8, 4) is 0 Å². The Morgan fingerprint density at radius 3 is 3.06 bits per heavy atom. The third kappa shape index (κ3) is 2.34. The van der Waals surface area contributed by atoms with Crippen molar-refractivity contribution < 1.29 is 9.18 Å². The predicted octanol–water partition coefficient (Wildman–Crippen LogP) is 0.502. The van der Waals surface area contributed by atoms with Crippen LogP contribution in [0.25, 0.3) is 0 Å². The van der Waals surface area contributed by atoms with Gasteiger partial charge in [-0.2, -0.15) is 4.98 Å². The maximum absolute atomic E-state index is 13.8. The number of nitrogens with two attached hydrogens (primary N) is 1. The van der Waals surface area contributed by atoms with Crippen molar-refractivity contribution >= 4 is 17.7 Å².